The van der Waals surface area contributed by atoms with E-state index in [0.29, 0.717) is 37.4 Å². The highest BCUT2D eigenvalue weighted by Crippen LogP contribution is 2.29. The molecule has 35 heavy (non-hydrogen) atoms. The van der Waals surface area contributed by atoms with E-state index in [2.05, 4.69) is 4.90 Å². The van der Waals surface area contributed by atoms with Gasteiger partial charge in [-0.05, 0) is 54.4 Å². The van der Waals surface area contributed by atoms with Crippen molar-refractivity contribution in [1.82, 2.24) is 4.90 Å². The molecule has 7 nitrogen and oxygen atoms in total. The Morgan fingerprint density at radius 3 is 2.17 bits per heavy atom. The first-order valence-electron chi connectivity index (χ1n) is 11.6. The molecule has 1 aliphatic heterocycles. The summed E-state index contributed by atoms with van der Waals surface area (Å²) in [6, 6.07) is 22.4. The first-order chi connectivity index (χ1) is 16.8. The zero-order chi connectivity index (χ0) is 25.0. The molecule has 184 valence electrons. The van der Waals surface area contributed by atoms with Gasteiger partial charge in [0.2, 0.25) is 10.0 Å². The lowest BCUT2D eigenvalue weighted by Crippen LogP contribution is -2.48. The number of piperazine rings is 1. The normalized spacial score (nSPS) is 14.0. The van der Waals surface area contributed by atoms with E-state index in [1.807, 2.05) is 60.4 Å². The molecular formula is C27H31N3O4S. The van der Waals surface area contributed by atoms with Gasteiger partial charge in [-0.2, -0.15) is 0 Å². The monoisotopic (exact) mass is 493 g/mol. The molecule has 1 aliphatic rings. The number of carbonyl (C=O) groups is 1. The number of amides is 1. The van der Waals surface area contributed by atoms with Crippen LogP contribution in [0.4, 0.5) is 11.4 Å². The second kappa shape index (κ2) is 10.4. The zero-order valence-corrected chi connectivity index (χ0v) is 21.2. The van der Waals surface area contributed by atoms with Crippen LogP contribution in [0.15, 0.2) is 72.8 Å². The predicted octanol–water partition coefficient (Wildman–Crippen LogP) is 3.93. The number of benzene rings is 3. The Balaban J connectivity index is 1.45. The molecule has 0 spiro atoms. The average molecular weight is 494 g/mol. The summed E-state index contributed by atoms with van der Waals surface area (Å²) in [5.74, 6) is 0.769. The van der Waals surface area contributed by atoms with Crippen molar-refractivity contribution < 1.29 is 17.9 Å². The number of hydrogen-bond donors (Lipinski definition) is 0. The minimum atomic E-state index is -3.50. The fourth-order valence-electron chi connectivity index (χ4n) is 4.34. The van der Waals surface area contributed by atoms with Gasteiger partial charge in [0.1, 0.15) is 5.75 Å². The summed E-state index contributed by atoms with van der Waals surface area (Å²) in [7, 11) is -1.84. The van der Waals surface area contributed by atoms with Crippen molar-refractivity contribution in [2.24, 2.45) is 0 Å². The van der Waals surface area contributed by atoms with Gasteiger partial charge >= 0.3 is 0 Å². The zero-order valence-electron chi connectivity index (χ0n) is 20.3. The Hall–Kier alpha value is -3.52. The number of nitrogens with zero attached hydrogens (tertiary/aromatic N) is 3. The van der Waals surface area contributed by atoms with Crippen molar-refractivity contribution in [2.45, 2.75) is 13.5 Å². The Morgan fingerprint density at radius 1 is 0.914 bits per heavy atom. The van der Waals surface area contributed by atoms with Crippen molar-refractivity contribution in [3.05, 3.63) is 89.5 Å². The predicted molar refractivity (Wildman–Crippen MR) is 140 cm³/mol. The van der Waals surface area contributed by atoms with E-state index in [4.69, 9.17) is 4.74 Å². The molecule has 0 aromatic heterocycles. The third-order valence-corrected chi connectivity index (χ3v) is 7.51. The molecule has 3 aromatic rings. The van der Waals surface area contributed by atoms with Crippen LogP contribution in [-0.2, 0) is 16.6 Å². The summed E-state index contributed by atoms with van der Waals surface area (Å²) >= 11 is 0. The SMILES string of the molecule is COc1ccccc1N1CCN(C(=O)c2ccc(N(Cc3ccccc3C)S(C)(=O)=O)cc2)CC1. The number of carbonyl (C=O) groups excluding carboxylic acids is 1. The Labute approximate surface area is 207 Å². The number of sulfonamides is 1. The number of para-hydroxylation sites is 2. The smallest absolute Gasteiger partial charge is 0.253 e. The largest absolute Gasteiger partial charge is 0.495 e. The molecule has 0 bridgehead atoms. The lowest BCUT2D eigenvalue weighted by Gasteiger charge is -2.36. The molecular weight excluding hydrogens is 462 g/mol. The van der Waals surface area contributed by atoms with Crippen molar-refractivity contribution in [3.8, 4) is 5.75 Å². The quantitative estimate of drug-likeness (QED) is 0.499. The lowest BCUT2D eigenvalue weighted by molar-refractivity contribution is 0.0746. The minimum absolute atomic E-state index is 0.0546. The van der Waals surface area contributed by atoms with E-state index >= 15 is 0 Å². The molecule has 0 radical (unpaired) electrons. The number of aryl methyl sites for hydroxylation is 1. The maximum Gasteiger partial charge on any atom is 0.253 e. The van der Waals surface area contributed by atoms with E-state index in [1.165, 1.54) is 10.6 Å². The van der Waals surface area contributed by atoms with E-state index < -0.39 is 10.0 Å². The van der Waals surface area contributed by atoms with Crippen LogP contribution in [0, 0.1) is 6.92 Å². The summed E-state index contributed by atoms with van der Waals surface area (Å²) in [4.78, 5) is 17.2. The molecule has 1 amide bonds. The van der Waals surface area contributed by atoms with Gasteiger partial charge in [0.15, 0.2) is 0 Å². The van der Waals surface area contributed by atoms with Crippen LogP contribution < -0.4 is 13.9 Å². The molecule has 8 heteroatoms. The van der Waals surface area contributed by atoms with Gasteiger partial charge in [-0.1, -0.05) is 36.4 Å². The molecule has 0 saturated carbocycles. The number of ether oxygens (including phenoxy) is 1. The maximum atomic E-state index is 13.1. The van der Waals surface area contributed by atoms with Crippen LogP contribution in [0.5, 0.6) is 5.75 Å². The van der Waals surface area contributed by atoms with Gasteiger partial charge in [0.25, 0.3) is 5.91 Å². The number of methoxy groups -OCH3 is 1. The third kappa shape index (κ3) is 5.59. The molecule has 3 aromatic carbocycles. The molecule has 0 unspecified atom stereocenters. The van der Waals surface area contributed by atoms with Crippen molar-refractivity contribution >= 4 is 27.3 Å². The molecule has 1 saturated heterocycles. The van der Waals surface area contributed by atoms with Gasteiger partial charge in [0.05, 0.1) is 31.3 Å². The highest BCUT2D eigenvalue weighted by molar-refractivity contribution is 7.92. The maximum absolute atomic E-state index is 13.1. The van der Waals surface area contributed by atoms with Crippen LogP contribution in [0.1, 0.15) is 21.5 Å². The standard InChI is InChI=1S/C27H31N3O4S/c1-21-8-4-5-9-23(21)20-30(35(3,32)33)24-14-12-22(13-15-24)27(31)29-18-16-28(17-19-29)25-10-6-7-11-26(25)34-2/h4-15H,16-20H2,1-3H3. The van der Waals surface area contributed by atoms with E-state index in [-0.39, 0.29) is 12.5 Å². The first kappa shape index (κ1) is 24.6. The van der Waals surface area contributed by atoms with Crippen molar-refractivity contribution in [1.29, 1.82) is 0 Å². The van der Waals surface area contributed by atoms with E-state index in [1.54, 1.807) is 31.4 Å². The summed E-state index contributed by atoms with van der Waals surface area (Å²) < 4.78 is 31.9. The highest BCUT2D eigenvalue weighted by atomic mass is 32.2. The third-order valence-electron chi connectivity index (χ3n) is 6.37. The molecule has 1 heterocycles. The van der Waals surface area contributed by atoms with Gasteiger partial charge < -0.3 is 14.5 Å². The second-order valence-electron chi connectivity index (χ2n) is 8.69. The minimum Gasteiger partial charge on any atom is -0.495 e. The number of hydrogen-bond acceptors (Lipinski definition) is 5. The fraction of sp³-hybridized carbons (Fsp3) is 0.296. The summed E-state index contributed by atoms with van der Waals surface area (Å²) in [6.07, 6.45) is 1.20. The molecule has 0 aliphatic carbocycles. The van der Waals surface area contributed by atoms with Crippen molar-refractivity contribution in [2.75, 3.05) is 48.7 Å². The Bertz CT molecular complexity index is 1280. The van der Waals surface area contributed by atoms with Gasteiger partial charge in [-0.15, -0.1) is 0 Å². The molecule has 1 fully saturated rings. The van der Waals surface area contributed by atoms with Gasteiger partial charge in [-0.25, -0.2) is 8.42 Å². The van der Waals surface area contributed by atoms with E-state index in [9.17, 15) is 13.2 Å². The molecule has 0 N–H and O–H groups in total. The topological polar surface area (TPSA) is 70.2 Å². The Kier molecular flexibility index (Phi) is 7.31. The second-order valence-corrected chi connectivity index (χ2v) is 10.6. The van der Waals surface area contributed by atoms with Gasteiger partial charge in [-0.3, -0.25) is 9.10 Å². The summed E-state index contributed by atoms with van der Waals surface area (Å²) in [5, 5.41) is 0. The number of anilines is 2. The highest BCUT2D eigenvalue weighted by Gasteiger charge is 2.24. The van der Waals surface area contributed by atoms with E-state index in [0.717, 1.165) is 22.6 Å². The van der Waals surface area contributed by atoms with Crippen LogP contribution in [0.3, 0.4) is 0 Å². The fourth-order valence-corrected chi connectivity index (χ4v) is 5.21. The summed E-state index contributed by atoms with van der Waals surface area (Å²) in [5.41, 5.74) is 4.07. The average Bonchev–Trinajstić information content (AvgIpc) is 2.87. The summed E-state index contributed by atoms with van der Waals surface area (Å²) in [6.45, 7) is 4.82. The van der Waals surface area contributed by atoms with Crippen molar-refractivity contribution in [3.63, 3.8) is 0 Å². The molecule has 0 atom stereocenters. The number of rotatable bonds is 7. The molecule has 4 rings (SSSR count). The van der Waals surface area contributed by atoms with Gasteiger partial charge in [0, 0.05) is 31.7 Å². The lowest BCUT2D eigenvalue weighted by atomic mass is 10.1. The van der Waals surface area contributed by atoms with Crippen LogP contribution in [0.2, 0.25) is 0 Å². The van der Waals surface area contributed by atoms with Crippen LogP contribution in [0.25, 0.3) is 0 Å². The first-order valence-corrected chi connectivity index (χ1v) is 13.4. The Morgan fingerprint density at radius 2 is 1.54 bits per heavy atom. The van der Waals surface area contributed by atoms with Crippen LogP contribution in [-0.4, -0.2) is 58.8 Å². The van der Waals surface area contributed by atoms with Crippen LogP contribution >= 0.6 is 0 Å².